The molecule has 0 aromatic carbocycles. The van der Waals surface area contributed by atoms with Crippen molar-refractivity contribution < 1.29 is 4.74 Å². The zero-order chi connectivity index (χ0) is 16.5. The van der Waals surface area contributed by atoms with Crippen molar-refractivity contribution in [2.45, 2.75) is 32.4 Å². The number of nitrogens with zero attached hydrogens (tertiary/aromatic N) is 4. The van der Waals surface area contributed by atoms with E-state index < -0.39 is 0 Å². The molecule has 2 heterocycles. The molecule has 0 bridgehead atoms. The summed E-state index contributed by atoms with van der Waals surface area (Å²) >= 11 is 0. The molecule has 5 heteroatoms. The summed E-state index contributed by atoms with van der Waals surface area (Å²) in [6.07, 6.45) is 7.45. The fraction of sp³-hybridized carbons (Fsp3) is 0.389. The summed E-state index contributed by atoms with van der Waals surface area (Å²) < 4.78 is 6.00. The molecule has 0 fully saturated rings. The van der Waals surface area contributed by atoms with E-state index in [-0.39, 0.29) is 6.10 Å². The van der Waals surface area contributed by atoms with E-state index in [0.29, 0.717) is 5.88 Å². The molecule has 2 aromatic heterocycles. The van der Waals surface area contributed by atoms with Gasteiger partial charge in [0.05, 0.1) is 5.69 Å². The Morgan fingerprint density at radius 3 is 2.83 bits per heavy atom. The molecule has 5 nitrogen and oxygen atoms in total. The van der Waals surface area contributed by atoms with Gasteiger partial charge >= 0.3 is 0 Å². The number of aromatic nitrogens is 3. The van der Waals surface area contributed by atoms with Crippen LogP contribution in [0.15, 0.2) is 49.3 Å². The van der Waals surface area contributed by atoms with E-state index in [2.05, 4.69) is 39.8 Å². The molecule has 1 atom stereocenters. The van der Waals surface area contributed by atoms with Crippen molar-refractivity contribution in [3.63, 3.8) is 0 Å². The van der Waals surface area contributed by atoms with E-state index in [0.717, 1.165) is 31.6 Å². The van der Waals surface area contributed by atoms with Gasteiger partial charge in [0.15, 0.2) is 0 Å². The van der Waals surface area contributed by atoms with Crippen molar-refractivity contribution in [2.75, 3.05) is 13.6 Å². The van der Waals surface area contributed by atoms with Gasteiger partial charge < -0.3 is 4.74 Å². The van der Waals surface area contributed by atoms with Crippen LogP contribution >= 0.6 is 0 Å². The second-order valence-electron chi connectivity index (χ2n) is 5.68. The van der Waals surface area contributed by atoms with Crippen molar-refractivity contribution in [3.8, 4) is 5.88 Å². The SMILES string of the molecule is C=CCC[C@@H](CN(C)Cc1cccnc1)Oc1ccc(C)nn1. The smallest absolute Gasteiger partial charge is 0.233 e. The van der Waals surface area contributed by atoms with Gasteiger partial charge in [-0.2, -0.15) is 5.10 Å². The Hall–Kier alpha value is -2.27. The first-order valence-corrected chi connectivity index (χ1v) is 7.82. The van der Waals surface area contributed by atoms with Crippen molar-refractivity contribution >= 4 is 0 Å². The molecule has 0 aliphatic carbocycles. The highest BCUT2D eigenvalue weighted by molar-refractivity contribution is 5.11. The van der Waals surface area contributed by atoms with Crippen LogP contribution in [0, 0.1) is 6.92 Å². The normalized spacial score (nSPS) is 12.1. The van der Waals surface area contributed by atoms with Crippen molar-refractivity contribution in [1.82, 2.24) is 20.1 Å². The summed E-state index contributed by atoms with van der Waals surface area (Å²) in [5.74, 6) is 0.569. The lowest BCUT2D eigenvalue weighted by atomic mass is 10.1. The minimum Gasteiger partial charge on any atom is -0.472 e. The topological polar surface area (TPSA) is 51.1 Å². The summed E-state index contributed by atoms with van der Waals surface area (Å²) in [4.78, 5) is 6.38. The fourth-order valence-corrected chi connectivity index (χ4v) is 2.33. The first-order valence-electron chi connectivity index (χ1n) is 7.82. The van der Waals surface area contributed by atoms with Crippen LogP contribution in [0.25, 0.3) is 0 Å². The number of likely N-dealkylation sites (N-methyl/N-ethyl adjacent to an activating group) is 1. The molecule has 122 valence electrons. The van der Waals surface area contributed by atoms with Gasteiger partial charge in [-0.05, 0) is 44.5 Å². The molecule has 0 amide bonds. The lowest BCUT2D eigenvalue weighted by Crippen LogP contribution is -2.33. The summed E-state index contributed by atoms with van der Waals surface area (Å²) in [6.45, 7) is 7.34. The second-order valence-corrected chi connectivity index (χ2v) is 5.68. The van der Waals surface area contributed by atoms with E-state index in [1.165, 1.54) is 5.56 Å². The Balaban J connectivity index is 1.94. The number of pyridine rings is 1. The van der Waals surface area contributed by atoms with E-state index in [1.807, 2.05) is 37.4 Å². The predicted molar refractivity (Wildman–Crippen MR) is 91.2 cm³/mol. The third-order valence-electron chi connectivity index (χ3n) is 3.44. The maximum Gasteiger partial charge on any atom is 0.233 e. The van der Waals surface area contributed by atoms with Crippen LogP contribution in [0.4, 0.5) is 0 Å². The maximum absolute atomic E-state index is 6.00. The van der Waals surface area contributed by atoms with E-state index >= 15 is 0 Å². The Bertz CT molecular complexity index is 586. The Labute approximate surface area is 138 Å². The van der Waals surface area contributed by atoms with Crippen LogP contribution in [0.2, 0.25) is 0 Å². The molecule has 0 spiro atoms. The fourth-order valence-electron chi connectivity index (χ4n) is 2.33. The average Bonchev–Trinajstić information content (AvgIpc) is 2.55. The summed E-state index contributed by atoms with van der Waals surface area (Å²) in [5, 5.41) is 8.13. The molecule has 2 rings (SSSR count). The van der Waals surface area contributed by atoms with Crippen LogP contribution in [0.5, 0.6) is 5.88 Å². The molecule has 0 N–H and O–H groups in total. The molecule has 0 saturated heterocycles. The molecule has 0 radical (unpaired) electrons. The molecular weight excluding hydrogens is 288 g/mol. The van der Waals surface area contributed by atoms with Crippen LogP contribution in [0.3, 0.4) is 0 Å². The van der Waals surface area contributed by atoms with Gasteiger partial charge in [-0.1, -0.05) is 12.1 Å². The van der Waals surface area contributed by atoms with E-state index in [9.17, 15) is 0 Å². The van der Waals surface area contributed by atoms with Gasteiger partial charge in [0.2, 0.25) is 5.88 Å². The Kier molecular flexibility index (Phi) is 6.69. The number of allylic oxidation sites excluding steroid dienone is 1. The molecule has 0 saturated carbocycles. The lowest BCUT2D eigenvalue weighted by molar-refractivity contribution is 0.131. The summed E-state index contributed by atoms with van der Waals surface area (Å²) in [7, 11) is 2.08. The molecular formula is C18H24N4O. The zero-order valence-electron chi connectivity index (χ0n) is 13.9. The Morgan fingerprint density at radius 2 is 2.17 bits per heavy atom. The molecule has 0 aliphatic heterocycles. The van der Waals surface area contributed by atoms with Crippen LogP contribution in [-0.4, -0.2) is 39.8 Å². The third-order valence-corrected chi connectivity index (χ3v) is 3.44. The molecule has 2 aromatic rings. The zero-order valence-corrected chi connectivity index (χ0v) is 13.9. The predicted octanol–water partition coefficient (Wildman–Crippen LogP) is 3.03. The van der Waals surface area contributed by atoms with Crippen molar-refractivity contribution in [3.05, 3.63) is 60.6 Å². The standard InChI is InChI=1S/C18H24N4O/c1-4-5-8-17(23-18-10-9-15(2)20-21-18)14-22(3)13-16-7-6-11-19-12-16/h4,6-7,9-12,17H,1,5,8,13-14H2,2-3H3/t17-/m0/s1. The second kappa shape index (κ2) is 9.00. The van der Waals surface area contributed by atoms with Gasteiger partial charge in [0.1, 0.15) is 6.10 Å². The van der Waals surface area contributed by atoms with Crippen molar-refractivity contribution in [1.29, 1.82) is 0 Å². The summed E-state index contributed by atoms with van der Waals surface area (Å²) in [6, 6.07) is 7.81. The molecule has 0 aliphatic rings. The van der Waals surface area contributed by atoms with Gasteiger partial charge in [-0.15, -0.1) is 11.7 Å². The highest BCUT2D eigenvalue weighted by Gasteiger charge is 2.14. The van der Waals surface area contributed by atoms with Gasteiger partial charge in [-0.25, -0.2) is 0 Å². The number of hydrogen-bond donors (Lipinski definition) is 0. The largest absolute Gasteiger partial charge is 0.472 e. The number of rotatable bonds is 9. The monoisotopic (exact) mass is 312 g/mol. The molecule has 0 unspecified atom stereocenters. The minimum absolute atomic E-state index is 0.0478. The Morgan fingerprint density at radius 1 is 1.30 bits per heavy atom. The van der Waals surface area contributed by atoms with Crippen LogP contribution in [-0.2, 0) is 6.54 Å². The number of ether oxygens (including phenoxy) is 1. The maximum atomic E-state index is 6.00. The first kappa shape index (κ1) is 17.1. The quantitative estimate of drug-likeness (QED) is 0.666. The first-order chi connectivity index (χ1) is 11.2. The van der Waals surface area contributed by atoms with Gasteiger partial charge in [-0.3, -0.25) is 9.88 Å². The van der Waals surface area contributed by atoms with E-state index in [4.69, 9.17) is 4.74 Å². The van der Waals surface area contributed by atoms with Gasteiger partial charge in [0.25, 0.3) is 0 Å². The van der Waals surface area contributed by atoms with Crippen LogP contribution < -0.4 is 4.74 Å². The van der Waals surface area contributed by atoms with E-state index in [1.54, 1.807) is 6.20 Å². The minimum atomic E-state index is 0.0478. The molecule has 23 heavy (non-hydrogen) atoms. The van der Waals surface area contributed by atoms with Crippen LogP contribution in [0.1, 0.15) is 24.1 Å². The average molecular weight is 312 g/mol. The highest BCUT2D eigenvalue weighted by atomic mass is 16.5. The lowest BCUT2D eigenvalue weighted by Gasteiger charge is -2.24. The highest BCUT2D eigenvalue weighted by Crippen LogP contribution is 2.13. The van der Waals surface area contributed by atoms with Crippen molar-refractivity contribution in [2.24, 2.45) is 0 Å². The third kappa shape index (κ3) is 6.16. The van der Waals surface area contributed by atoms with Gasteiger partial charge in [0, 0.05) is 31.5 Å². The number of hydrogen-bond acceptors (Lipinski definition) is 5. The summed E-state index contributed by atoms with van der Waals surface area (Å²) in [5.41, 5.74) is 2.07. The number of aryl methyl sites for hydroxylation is 1.